The standard InChI is InChI=1S/C12H20N2O5/c1-19-12(18)8-6-10(15)14(7-8)9(11(16)17)4-2-3-5-13/h8-9H,2-7,13H2,1H3,(H,16,17). The summed E-state index contributed by atoms with van der Waals surface area (Å²) in [6.45, 7) is 0.607. The second-order valence-electron chi connectivity index (χ2n) is 4.61. The predicted octanol–water partition coefficient (Wildman–Crippen LogP) is -0.410. The maximum atomic E-state index is 11.8. The highest BCUT2D eigenvalue weighted by Gasteiger charge is 2.40. The van der Waals surface area contributed by atoms with Crippen LogP contribution in [0.1, 0.15) is 25.7 Å². The first kappa shape index (κ1) is 15.4. The normalized spacial score (nSPS) is 20.4. The van der Waals surface area contributed by atoms with Gasteiger partial charge in [-0.1, -0.05) is 0 Å². The van der Waals surface area contributed by atoms with Gasteiger partial charge < -0.3 is 20.5 Å². The summed E-state index contributed by atoms with van der Waals surface area (Å²) in [5.74, 6) is -2.39. The molecule has 1 aliphatic rings. The Bertz CT molecular complexity index is 358. The number of nitrogens with zero attached hydrogens (tertiary/aromatic N) is 1. The van der Waals surface area contributed by atoms with E-state index in [0.717, 1.165) is 0 Å². The number of rotatable bonds is 7. The quantitative estimate of drug-likeness (QED) is 0.481. The van der Waals surface area contributed by atoms with Crippen molar-refractivity contribution in [3.8, 4) is 0 Å². The Balaban J connectivity index is 2.66. The molecule has 0 aromatic heterocycles. The Morgan fingerprint density at radius 2 is 2.21 bits per heavy atom. The lowest BCUT2D eigenvalue weighted by Gasteiger charge is -2.24. The number of nitrogens with two attached hydrogens (primary N) is 1. The first-order chi connectivity index (χ1) is 9.01. The molecule has 1 amide bonds. The van der Waals surface area contributed by atoms with Gasteiger partial charge in [-0.3, -0.25) is 9.59 Å². The smallest absolute Gasteiger partial charge is 0.326 e. The number of carbonyl (C=O) groups is 3. The monoisotopic (exact) mass is 272 g/mol. The molecule has 0 aromatic carbocycles. The first-order valence-corrected chi connectivity index (χ1v) is 6.31. The Morgan fingerprint density at radius 1 is 1.53 bits per heavy atom. The Hall–Kier alpha value is -1.63. The molecule has 0 bridgehead atoms. The molecule has 7 nitrogen and oxygen atoms in total. The fraction of sp³-hybridized carbons (Fsp3) is 0.750. The van der Waals surface area contributed by atoms with Crippen molar-refractivity contribution >= 4 is 17.8 Å². The zero-order valence-corrected chi connectivity index (χ0v) is 11.0. The van der Waals surface area contributed by atoms with E-state index >= 15 is 0 Å². The van der Waals surface area contributed by atoms with Crippen molar-refractivity contribution in [2.75, 3.05) is 20.2 Å². The van der Waals surface area contributed by atoms with E-state index in [1.807, 2.05) is 0 Å². The summed E-state index contributed by atoms with van der Waals surface area (Å²) >= 11 is 0. The van der Waals surface area contributed by atoms with Gasteiger partial charge in [-0.15, -0.1) is 0 Å². The molecule has 1 fully saturated rings. The fourth-order valence-electron chi connectivity index (χ4n) is 2.25. The van der Waals surface area contributed by atoms with Gasteiger partial charge in [0, 0.05) is 13.0 Å². The molecule has 0 saturated carbocycles. The second-order valence-corrected chi connectivity index (χ2v) is 4.61. The van der Waals surface area contributed by atoms with E-state index in [-0.39, 0.29) is 18.9 Å². The average molecular weight is 272 g/mol. The Labute approximate surface area is 111 Å². The number of ether oxygens (including phenoxy) is 1. The van der Waals surface area contributed by atoms with Crippen molar-refractivity contribution in [1.29, 1.82) is 0 Å². The molecular formula is C12H20N2O5. The Morgan fingerprint density at radius 3 is 2.74 bits per heavy atom. The zero-order valence-electron chi connectivity index (χ0n) is 11.0. The third-order valence-corrected chi connectivity index (χ3v) is 3.29. The third kappa shape index (κ3) is 3.92. The minimum absolute atomic E-state index is 0.0212. The van der Waals surface area contributed by atoms with Crippen LogP contribution >= 0.6 is 0 Å². The number of hydrogen-bond acceptors (Lipinski definition) is 5. The molecule has 19 heavy (non-hydrogen) atoms. The summed E-state index contributed by atoms with van der Waals surface area (Å²) in [4.78, 5) is 35.7. The van der Waals surface area contributed by atoms with Crippen LogP contribution in [0.4, 0.5) is 0 Å². The summed E-state index contributed by atoms with van der Waals surface area (Å²) in [5.41, 5.74) is 5.36. The Kier molecular flexibility index (Phi) is 5.75. The summed E-state index contributed by atoms with van der Waals surface area (Å²) < 4.78 is 4.59. The molecule has 3 N–H and O–H groups in total. The molecular weight excluding hydrogens is 252 g/mol. The van der Waals surface area contributed by atoms with Crippen LogP contribution in [0.15, 0.2) is 0 Å². The fourth-order valence-corrected chi connectivity index (χ4v) is 2.25. The van der Waals surface area contributed by atoms with Gasteiger partial charge in [-0.2, -0.15) is 0 Å². The van der Waals surface area contributed by atoms with Gasteiger partial charge in [0.2, 0.25) is 5.91 Å². The van der Waals surface area contributed by atoms with Crippen molar-refractivity contribution < 1.29 is 24.2 Å². The first-order valence-electron chi connectivity index (χ1n) is 6.31. The number of methoxy groups -OCH3 is 1. The molecule has 1 rings (SSSR count). The molecule has 0 radical (unpaired) electrons. The van der Waals surface area contributed by atoms with Crippen LogP contribution in [0.25, 0.3) is 0 Å². The SMILES string of the molecule is COC(=O)C1CC(=O)N(C(CCCCN)C(=O)O)C1. The van der Waals surface area contributed by atoms with Crippen LogP contribution in [0.3, 0.4) is 0 Å². The number of carboxylic acid groups (broad SMARTS) is 1. The van der Waals surface area contributed by atoms with Crippen molar-refractivity contribution in [2.24, 2.45) is 11.7 Å². The lowest BCUT2D eigenvalue weighted by atomic mass is 10.1. The molecule has 0 aromatic rings. The molecule has 7 heteroatoms. The summed E-state index contributed by atoms with van der Waals surface area (Å²) in [6.07, 6.45) is 1.73. The second kappa shape index (κ2) is 7.08. The van der Waals surface area contributed by atoms with E-state index in [1.54, 1.807) is 0 Å². The van der Waals surface area contributed by atoms with Crippen LogP contribution in [-0.4, -0.2) is 54.1 Å². The van der Waals surface area contributed by atoms with Crippen molar-refractivity contribution in [3.63, 3.8) is 0 Å². The van der Waals surface area contributed by atoms with Crippen LogP contribution < -0.4 is 5.73 Å². The highest BCUT2D eigenvalue weighted by Crippen LogP contribution is 2.23. The minimum atomic E-state index is -1.05. The van der Waals surface area contributed by atoms with Crippen LogP contribution in [0.5, 0.6) is 0 Å². The lowest BCUT2D eigenvalue weighted by molar-refractivity contribution is -0.149. The van der Waals surface area contributed by atoms with Gasteiger partial charge >= 0.3 is 11.9 Å². The van der Waals surface area contributed by atoms with Crippen molar-refractivity contribution in [1.82, 2.24) is 4.90 Å². The highest BCUT2D eigenvalue weighted by molar-refractivity contribution is 5.90. The molecule has 1 aliphatic heterocycles. The number of aliphatic carboxylic acids is 1. The van der Waals surface area contributed by atoms with E-state index in [1.165, 1.54) is 12.0 Å². The predicted molar refractivity (Wildman–Crippen MR) is 66.2 cm³/mol. The minimum Gasteiger partial charge on any atom is -0.480 e. The van der Waals surface area contributed by atoms with E-state index in [4.69, 9.17) is 5.73 Å². The topological polar surface area (TPSA) is 110 Å². The van der Waals surface area contributed by atoms with Gasteiger partial charge in [0.25, 0.3) is 0 Å². The maximum absolute atomic E-state index is 11.8. The van der Waals surface area contributed by atoms with E-state index in [0.29, 0.717) is 25.8 Å². The van der Waals surface area contributed by atoms with E-state index < -0.39 is 23.9 Å². The van der Waals surface area contributed by atoms with Gasteiger partial charge in [-0.25, -0.2) is 4.79 Å². The van der Waals surface area contributed by atoms with Crippen molar-refractivity contribution in [2.45, 2.75) is 31.7 Å². The molecule has 1 heterocycles. The lowest BCUT2D eigenvalue weighted by Crippen LogP contribution is -2.42. The highest BCUT2D eigenvalue weighted by atomic mass is 16.5. The molecule has 0 spiro atoms. The number of unbranched alkanes of at least 4 members (excludes halogenated alkanes) is 1. The summed E-state index contributed by atoms with van der Waals surface area (Å²) in [5, 5.41) is 9.19. The summed E-state index contributed by atoms with van der Waals surface area (Å²) in [7, 11) is 1.26. The largest absolute Gasteiger partial charge is 0.480 e. The number of hydrogen-bond donors (Lipinski definition) is 2. The van der Waals surface area contributed by atoms with E-state index in [9.17, 15) is 19.5 Å². The molecule has 1 saturated heterocycles. The van der Waals surface area contributed by atoms with Gasteiger partial charge in [0.15, 0.2) is 0 Å². The number of carbonyl (C=O) groups excluding carboxylic acids is 2. The molecule has 2 unspecified atom stereocenters. The van der Waals surface area contributed by atoms with Crippen LogP contribution in [-0.2, 0) is 19.1 Å². The summed E-state index contributed by atoms with van der Waals surface area (Å²) in [6, 6.07) is -0.881. The number of likely N-dealkylation sites (tertiary alicyclic amines) is 1. The molecule has 0 aliphatic carbocycles. The number of amides is 1. The number of esters is 1. The van der Waals surface area contributed by atoms with Gasteiger partial charge in [0.1, 0.15) is 6.04 Å². The van der Waals surface area contributed by atoms with Gasteiger partial charge in [0.05, 0.1) is 13.0 Å². The zero-order chi connectivity index (χ0) is 14.4. The van der Waals surface area contributed by atoms with Crippen LogP contribution in [0.2, 0.25) is 0 Å². The van der Waals surface area contributed by atoms with E-state index in [2.05, 4.69) is 4.74 Å². The van der Waals surface area contributed by atoms with Crippen LogP contribution in [0, 0.1) is 5.92 Å². The number of carboxylic acids is 1. The molecule has 2 atom stereocenters. The average Bonchev–Trinajstić information content (AvgIpc) is 2.75. The van der Waals surface area contributed by atoms with Crippen molar-refractivity contribution in [3.05, 3.63) is 0 Å². The maximum Gasteiger partial charge on any atom is 0.326 e. The molecule has 108 valence electrons. The third-order valence-electron chi connectivity index (χ3n) is 3.29. The van der Waals surface area contributed by atoms with Gasteiger partial charge in [-0.05, 0) is 25.8 Å².